The number of ether oxygens (including phenoxy) is 7. The van der Waals surface area contributed by atoms with Crippen LogP contribution in [0.4, 0.5) is 33.6 Å². The summed E-state index contributed by atoms with van der Waals surface area (Å²) >= 11 is 0. The van der Waals surface area contributed by atoms with Crippen LogP contribution in [0, 0.1) is 5.92 Å². The van der Waals surface area contributed by atoms with Crippen LogP contribution in [0.1, 0.15) is 199 Å². The summed E-state index contributed by atoms with van der Waals surface area (Å²) in [6, 6.07) is 16.9. The molecule has 4 aromatic carbocycles. The van der Waals surface area contributed by atoms with Gasteiger partial charge in [-0.15, -0.1) is 0 Å². The van der Waals surface area contributed by atoms with Crippen LogP contribution < -0.4 is 58.5 Å². The van der Waals surface area contributed by atoms with E-state index >= 15 is 24.0 Å². The Bertz CT molecular complexity index is 4790. The summed E-state index contributed by atoms with van der Waals surface area (Å²) in [6.45, 7) is 31.2. The molecule has 0 radical (unpaired) electrons. The van der Waals surface area contributed by atoms with Gasteiger partial charge in [0.05, 0.1) is 11.0 Å². The van der Waals surface area contributed by atoms with Crippen molar-refractivity contribution in [1.29, 1.82) is 0 Å². The van der Waals surface area contributed by atoms with E-state index < -0.39 is 217 Å². The molecule has 2 aromatic heterocycles. The van der Waals surface area contributed by atoms with E-state index in [0.717, 1.165) is 22.3 Å². The number of hydrogen-bond donors (Lipinski definition) is 12. The van der Waals surface area contributed by atoms with E-state index in [2.05, 4.69) is 58.5 Å². The quantitative estimate of drug-likeness (QED) is 0.0167. The predicted octanol–water partition coefficient (Wildman–Crippen LogP) is 10.6. The summed E-state index contributed by atoms with van der Waals surface area (Å²) in [5.41, 5.74) is -0.736. The Hall–Kier alpha value is -12.5. The first-order valence-corrected chi connectivity index (χ1v) is 41.4. The molecule has 2 heterocycles. The van der Waals surface area contributed by atoms with Crippen molar-refractivity contribution >= 4 is 106 Å². The van der Waals surface area contributed by atoms with Gasteiger partial charge >= 0.3 is 48.6 Å². The van der Waals surface area contributed by atoms with Crippen LogP contribution in [0.25, 0.3) is 32.9 Å². The highest BCUT2D eigenvalue weighted by Gasteiger charge is 2.39. The number of hydrogen-bond acceptors (Lipinski definition) is 21. The third-order valence-corrected chi connectivity index (χ3v) is 18.5. The Balaban J connectivity index is 1.28. The average Bonchev–Trinajstić information content (AvgIpc) is 1.66. The van der Waals surface area contributed by atoms with Gasteiger partial charge in [0, 0.05) is 68.1 Å². The fraction of sp³-hybridized carbons (Fsp3) is 0.528. The molecular weight excluding hydrogens is 1600 g/mol. The lowest BCUT2D eigenvalue weighted by Crippen LogP contribution is -2.61. The Labute approximate surface area is 722 Å². The largest absolute Gasteiger partial charge is 0.480 e. The molecule has 6 aromatic rings. The summed E-state index contributed by atoms with van der Waals surface area (Å²) < 4.78 is 41.8. The molecule has 0 bridgehead atoms. The van der Waals surface area contributed by atoms with E-state index in [-0.39, 0.29) is 32.5 Å². The number of carboxylic acids is 1. The maximum atomic E-state index is 15.9. The summed E-state index contributed by atoms with van der Waals surface area (Å²) in [6.07, 6.45) is -6.08. The second-order valence-corrected chi connectivity index (χ2v) is 36.7. The zero-order valence-corrected chi connectivity index (χ0v) is 74.5. The van der Waals surface area contributed by atoms with Crippen molar-refractivity contribution in [1.82, 2.24) is 67.6 Å². The van der Waals surface area contributed by atoms with Gasteiger partial charge in [-0.1, -0.05) is 98.8 Å². The first kappa shape index (κ1) is 98.7. The van der Waals surface area contributed by atoms with Crippen molar-refractivity contribution in [2.24, 2.45) is 5.92 Å². The van der Waals surface area contributed by atoms with Crippen molar-refractivity contribution in [2.45, 2.75) is 265 Å². The van der Waals surface area contributed by atoms with Crippen molar-refractivity contribution in [3.05, 3.63) is 132 Å². The molecule has 0 unspecified atom stereocenters. The van der Waals surface area contributed by atoms with Gasteiger partial charge < -0.3 is 96.7 Å². The minimum atomic E-state index is -1.79. The standard InChI is InChI=1S/C89H123N13O22/c1-51(2)45-65(73(106)96-62(38-42-91-78(112)120-85(6,7)8)71(104)94-61(37-41-90-77(111)119-84(3,4)5)70(103)95-63(39-43-92-79(113)121-86(9,10)11)72(105)97-64(76(109)110)40-44-93-80(114)122-87(12,13)14)98-74(107)66(46-52-48-101(82(116)123-88(15,16)17)68-35-27-25-29-54(52)68)99-75(108)67(47-53-49-102(83(117)124-89(18,19)20)69-36-28-26-30-55(53)69)100-81(115)118-50-60-58-33-23-21-31-56(58)57-32-22-24-34-59(57)60/h21-36,48-49,51,60-67H,37-47,50H2,1-20H3,(H,90,111)(H,91,112)(H,92,113)(H,93,114)(H,94,104)(H,95,103)(H,96,106)(H,97,105)(H,98,107)(H,99,108)(H,100,115)(H,109,110)/t61-,62+,63+,64-,65-,66+,67-/m1/s1. The van der Waals surface area contributed by atoms with Gasteiger partial charge in [-0.2, -0.15) is 0 Å². The zero-order chi connectivity index (χ0) is 92.1. The van der Waals surface area contributed by atoms with Gasteiger partial charge in [0.2, 0.25) is 35.4 Å². The number of amides is 11. The molecule has 35 heteroatoms. The second-order valence-electron chi connectivity index (χ2n) is 36.7. The molecule has 7 atom stereocenters. The maximum absolute atomic E-state index is 15.9. The van der Waals surface area contributed by atoms with Crippen LogP contribution in [0.5, 0.6) is 0 Å². The third-order valence-electron chi connectivity index (χ3n) is 18.5. The highest BCUT2D eigenvalue weighted by Crippen LogP contribution is 2.44. The van der Waals surface area contributed by atoms with Crippen molar-refractivity contribution in [3.8, 4) is 11.1 Å². The lowest BCUT2D eigenvalue weighted by atomic mass is 9.98. The third kappa shape index (κ3) is 31.5. The zero-order valence-electron chi connectivity index (χ0n) is 74.5. The summed E-state index contributed by atoms with van der Waals surface area (Å²) in [7, 11) is 0. The van der Waals surface area contributed by atoms with Gasteiger partial charge in [-0.25, -0.2) is 38.4 Å². The molecule has 1 aliphatic carbocycles. The molecule has 0 aliphatic heterocycles. The van der Waals surface area contributed by atoms with Crippen molar-refractivity contribution in [2.75, 3.05) is 32.8 Å². The number of rotatable bonds is 34. The van der Waals surface area contributed by atoms with E-state index in [9.17, 15) is 48.3 Å². The highest BCUT2D eigenvalue weighted by molar-refractivity contribution is 6.00. The molecular formula is C89H123N13O22. The molecule has 0 spiro atoms. The van der Waals surface area contributed by atoms with Crippen LogP contribution >= 0.6 is 0 Å². The Morgan fingerprint density at radius 1 is 0.347 bits per heavy atom. The maximum Gasteiger partial charge on any atom is 0.419 e. The molecule has 124 heavy (non-hydrogen) atoms. The first-order valence-electron chi connectivity index (χ1n) is 41.4. The minimum absolute atomic E-state index is 0.176. The van der Waals surface area contributed by atoms with Crippen LogP contribution in [-0.4, -0.2) is 207 Å². The van der Waals surface area contributed by atoms with Crippen LogP contribution in [-0.2, 0) is 79.6 Å². The summed E-state index contributed by atoms with van der Waals surface area (Å²) in [5.74, 6) is -8.81. The smallest absolute Gasteiger partial charge is 0.419 e. The van der Waals surface area contributed by atoms with E-state index in [4.69, 9.17) is 33.2 Å². The first-order chi connectivity index (χ1) is 57.7. The second kappa shape index (κ2) is 42.6. The molecule has 1 aliphatic rings. The number of para-hydroxylation sites is 2. The number of nitrogens with one attached hydrogen (secondary N) is 11. The molecule has 0 fully saturated rings. The van der Waals surface area contributed by atoms with Gasteiger partial charge in [-0.05, 0) is 208 Å². The van der Waals surface area contributed by atoms with Crippen LogP contribution in [0.15, 0.2) is 109 Å². The number of carbonyl (C=O) groups is 14. The molecule has 7 rings (SSSR count). The molecule has 35 nitrogen and oxygen atoms in total. The van der Waals surface area contributed by atoms with Gasteiger partial charge in [-0.3, -0.25) is 37.9 Å². The van der Waals surface area contributed by atoms with E-state index in [1.165, 1.54) is 21.5 Å². The average molecular weight is 1730 g/mol. The van der Waals surface area contributed by atoms with Gasteiger partial charge in [0.1, 0.15) is 82.5 Å². The van der Waals surface area contributed by atoms with Crippen molar-refractivity contribution < 1.29 is 105 Å². The number of fused-ring (bicyclic) bond motifs is 5. The Morgan fingerprint density at radius 2 is 0.629 bits per heavy atom. The topological polar surface area (TPSA) is 466 Å². The molecule has 11 amide bonds. The number of aromatic nitrogens is 2. The van der Waals surface area contributed by atoms with Gasteiger partial charge in [0.15, 0.2) is 0 Å². The van der Waals surface area contributed by atoms with E-state index in [0.29, 0.717) is 32.9 Å². The highest BCUT2D eigenvalue weighted by atomic mass is 16.6. The normalized spacial score (nSPS) is 14.0. The molecule has 12 N–H and O–H groups in total. The predicted molar refractivity (Wildman–Crippen MR) is 461 cm³/mol. The summed E-state index contributed by atoms with van der Waals surface area (Å²) in [4.78, 5) is 199. The number of carboxylic acid groups (broad SMARTS) is 1. The van der Waals surface area contributed by atoms with Crippen molar-refractivity contribution in [3.63, 3.8) is 0 Å². The monoisotopic (exact) mass is 1730 g/mol. The number of benzene rings is 4. The number of aliphatic carboxylic acids is 1. The lowest BCUT2D eigenvalue weighted by molar-refractivity contribution is -0.142. The number of nitrogens with zero attached hydrogens (tertiary/aromatic N) is 2. The summed E-state index contributed by atoms with van der Waals surface area (Å²) in [5, 5.41) is 39.8. The minimum Gasteiger partial charge on any atom is -0.480 e. The van der Waals surface area contributed by atoms with Gasteiger partial charge in [0.25, 0.3) is 0 Å². The van der Waals surface area contributed by atoms with Crippen LogP contribution in [0.3, 0.4) is 0 Å². The Morgan fingerprint density at radius 3 is 0.968 bits per heavy atom. The molecule has 676 valence electrons. The SMILES string of the molecule is CC(C)C[C@@H](NC(=O)[C@H](Cc1cn(C(=O)OC(C)(C)C)c2ccccc12)NC(=O)[C@@H](Cc1cn(C(=O)OC(C)(C)C)c2ccccc12)NC(=O)OCC1c2ccccc2-c2ccccc21)C(=O)N[C@@H](CCNC(=O)OC(C)(C)C)C(=O)N[C@H](CCNC(=O)OC(C)(C)C)C(=O)N[C@@H](CCNC(=O)OC(C)(C)C)C(=O)N[C@H](CCNC(=O)OC(C)(C)C)C(=O)O. The fourth-order valence-corrected chi connectivity index (χ4v) is 13.3. The lowest BCUT2D eigenvalue weighted by Gasteiger charge is -2.29. The number of alkyl carbamates (subject to hydrolysis) is 5. The molecule has 0 saturated carbocycles. The van der Waals surface area contributed by atoms with E-state index in [1.807, 2.05) is 48.5 Å². The fourth-order valence-electron chi connectivity index (χ4n) is 13.3. The van der Waals surface area contributed by atoms with E-state index in [1.54, 1.807) is 187 Å². The van der Waals surface area contributed by atoms with Crippen LogP contribution in [0.2, 0.25) is 0 Å². The number of carbonyl (C=O) groups excluding carboxylic acids is 13. The Kier molecular flexibility index (Phi) is 33.9. The molecule has 0 saturated heterocycles.